The van der Waals surface area contributed by atoms with Crippen LogP contribution < -0.4 is 5.32 Å². The first-order valence-corrected chi connectivity index (χ1v) is 5.26. The molecular formula is C12H17NO. The van der Waals surface area contributed by atoms with Crippen LogP contribution in [0.1, 0.15) is 31.7 Å². The number of nitrogens with one attached hydrogen (secondary N) is 1. The van der Waals surface area contributed by atoms with E-state index in [0.717, 1.165) is 18.5 Å². The van der Waals surface area contributed by atoms with Crippen LogP contribution in [0, 0.1) is 0 Å². The molecule has 0 bridgehead atoms. The maximum absolute atomic E-state index is 9.79. The van der Waals surface area contributed by atoms with Crippen molar-refractivity contribution in [3.63, 3.8) is 0 Å². The van der Waals surface area contributed by atoms with Gasteiger partial charge in [-0.2, -0.15) is 0 Å². The molecule has 2 rings (SSSR count). The summed E-state index contributed by atoms with van der Waals surface area (Å²) in [5.74, 6) is 0.407. The van der Waals surface area contributed by atoms with Gasteiger partial charge in [-0.15, -0.1) is 0 Å². The number of phenolic OH excluding ortho intramolecular Hbond substituents is 1. The molecule has 0 spiro atoms. The zero-order valence-electron chi connectivity index (χ0n) is 8.59. The highest BCUT2D eigenvalue weighted by atomic mass is 16.3. The summed E-state index contributed by atoms with van der Waals surface area (Å²) in [5, 5.41) is 13.3. The standard InChI is InChI=1S/C12H17NO/c1-12(8-4-5-9-13-12)10-6-2-3-7-11(10)14/h2-3,6-7,13-14H,4-5,8-9H2,1H3. The van der Waals surface area contributed by atoms with Crippen LogP contribution in [-0.4, -0.2) is 11.7 Å². The number of hydrogen-bond donors (Lipinski definition) is 2. The van der Waals surface area contributed by atoms with Gasteiger partial charge in [0.2, 0.25) is 0 Å². The molecule has 1 saturated heterocycles. The Morgan fingerprint density at radius 3 is 2.71 bits per heavy atom. The molecular weight excluding hydrogens is 174 g/mol. The Bertz CT molecular complexity index is 316. The van der Waals surface area contributed by atoms with Crippen molar-refractivity contribution in [2.75, 3.05) is 6.54 Å². The average Bonchev–Trinajstić information content (AvgIpc) is 2.19. The van der Waals surface area contributed by atoms with Crippen molar-refractivity contribution in [3.05, 3.63) is 29.8 Å². The minimum absolute atomic E-state index is 0.0381. The lowest BCUT2D eigenvalue weighted by atomic mass is 9.83. The second-order valence-electron chi connectivity index (χ2n) is 4.23. The third-order valence-corrected chi connectivity index (χ3v) is 3.12. The molecule has 0 radical (unpaired) electrons. The normalized spacial score (nSPS) is 27.5. The largest absolute Gasteiger partial charge is 0.508 e. The summed E-state index contributed by atoms with van der Waals surface area (Å²) in [5.41, 5.74) is 0.989. The van der Waals surface area contributed by atoms with Gasteiger partial charge in [-0.25, -0.2) is 0 Å². The highest BCUT2D eigenvalue weighted by Crippen LogP contribution is 2.34. The second-order valence-corrected chi connectivity index (χ2v) is 4.23. The Morgan fingerprint density at radius 1 is 1.29 bits per heavy atom. The second kappa shape index (κ2) is 3.62. The van der Waals surface area contributed by atoms with E-state index >= 15 is 0 Å². The van der Waals surface area contributed by atoms with Gasteiger partial charge in [0.05, 0.1) is 0 Å². The molecule has 1 unspecified atom stereocenters. The summed E-state index contributed by atoms with van der Waals surface area (Å²) in [6, 6.07) is 7.62. The molecule has 1 aromatic rings. The predicted octanol–water partition coefficient (Wildman–Crippen LogP) is 2.38. The van der Waals surface area contributed by atoms with Gasteiger partial charge < -0.3 is 10.4 Å². The Kier molecular flexibility index (Phi) is 2.46. The van der Waals surface area contributed by atoms with Crippen LogP contribution in [-0.2, 0) is 5.54 Å². The minimum atomic E-state index is -0.0381. The van der Waals surface area contributed by atoms with Gasteiger partial charge in [-0.05, 0) is 32.4 Å². The molecule has 2 heteroatoms. The van der Waals surface area contributed by atoms with Crippen LogP contribution in [0.4, 0.5) is 0 Å². The number of rotatable bonds is 1. The van der Waals surface area contributed by atoms with Crippen LogP contribution in [0.2, 0.25) is 0 Å². The average molecular weight is 191 g/mol. The fourth-order valence-corrected chi connectivity index (χ4v) is 2.23. The monoisotopic (exact) mass is 191 g/mol. The molecule has 1 aliphatic rings. The lowest BCUT2D eigenvalue weighted by Crippen LogP contribution is -2.43. The highest BCUT2D eigenvalue weighted by Gasteiger charge is 2.30. The fourth-order valence-electron chi connectivity index (χ4n) is 2.23. The minimum Gasteiger partial charge on any atom is -0.508 e. The molecule has 0 aliphatic carbocycles. The van der Waals surface area contributed by atoms with E-state index in [1.54, 1.807) is 6.07 Å². The first-order valence-electron chi connectivity index (χ1n) is 5.26. The maximum atomic E-state index is 9.79. The molecule has 76 valence electrons. The number of benzene rings is 1. The first kappa shape index (κ1) is 9.53. The van der Waals surface area contributed by atoms with Crippen LogP contribution in [0.25, 0.3) is 0 Å². The topological polar surface area (TPSA) is 32.3 Å². The number of aromatic hydroxyl groups is 1. The lowest BCUT2D eigenvalue weighted by molar-refractivity contribution is 0.274. The Balaban J connectivity index is 2.32. The zero-order chi connectivity index (χ0) is 10.0. The summed E-state index contributed by atoms with van der Waals surface area (Å²) < 4.78 is 0. The van der Waals surface area contributed by atoms with Crippen molar-refractivity contribution in [2.45, 2.75) is 31.7 Å². The summed E-state index contributed by atoms with van der Waals surface area (Å²) in [4.78, 5) is 0. The maximum Gasteiger partial charge on any atom is 0.120 e. The number of phenols is 1. The van der Waals surface area contributed by atoms with E-state index in [2.05, 4.69) is 12.2 Å². The third-order valence-electron chi connectivity index (χ3n) is 3.12. The van der Waals surface area contributed by atoms with E-state index in [4.69, 9.17) is 0 Å². The van der Waals surface area contributed by atoms with Crippen molar-refractivity contribution in [1.29, 1.82) is 0 Å². The van der Waals surface area contributed by atoms with E-state index in [-0.39, 0.29) is 5.54 Å². The number of hydrogen-bond acceptors (Lipinski definition) is 2. The summed E-state index contributed by atoms with van der Waals surface area (Å²) in [6.07, 6.45) is 3.57. The molecule has 14 heavy (non-hydrogen) atoms. The van der Waals surface area contributed by atoms with Crippen LogP contribution in [0.3, 0.4) is 0 Å². The molecule has 2 nitrogen and oxygen atoms in total. The Hall–Kier alpha value is -1.02. The predicted molar refractivity (Wildman–Crippen MR) is 57.3 cm³/mol. The SMILES string of the molecule is CC1(c2ccccc2O)CCCCN1. The highest BCUT2D eigenvalue weighted by molar-refractivity contribution is 5.37. The van der Waals surface area contributed by atoms with Gasteiger partial charge in [-0.3, -0.25) is 0 Å². The van der Waals surface area contributed by atoms with Crippen molar-refractivity contribution in [2.24, 2.45) is 0 Å². The third kappa shape index (κ3) is 1.62. The van der Waals surface area contributed by atoms with E-state index in [9.17, 15) is 5.11 Å². The van der Waals surface area contributed by atoms with E-state index < -0.39 is 0 Å². The first-order chi connectivity index (χ1) is 6.72. The van der Waals surface area contributed by atoms with Gasteiger partial charge in [0.1, 0.15) is 5.75 Å². The molecule has 0 saturated carbocycles. The fraction of sp³-hybridized carbons (Fsp3) is 0.500. The van der Waals surface area contributed by atoms with Crippen LogP contribution in [0.15, 0.2) is 24.3 Å². The molecule has 2 N–H and O–H groups in total. The van der Waals surface area contributed by atoms with Gasteiger partial charge in [-0.1, -0.05) is 24.6 Å². The summed E-state index contributed by atoms with van der Waals surface area (Å²) in [6.45, 7) is 3.21. The van der Waals surface area contributed by atoms with Crippen molar-refractivity contribution in [1.82, 2.24) is 5.32 Å². The molecule has 0 aromatic heterocycles. The van der Waals surface area contributed by atoms with Crippen molar-refractivity contribution >= 4 is 0 Å². The van der Waals surface area contributed by atoms with E-state index in [1.807, 2.05) is 18.2 Å². The van der Waals surface area contributed by atoms with Gasteiger partial charge in [0.15, 0.2) is 0 Å². The molecule has 1 heterocycles. The smallest absolute Gasteiger partial charge is 0.120 e. The van der Waals surface area contributed by atoms with Crippen LogP contribution in [0.5, 0.6) is 5.75 Å². The number of piperidine rings is 1. The van der Waals surface area contributed by atoms with Crippen molar-refractivity contribution in [3.8, 4) is 5.75 Å². The molecule has 1 fully saturated rings. The molecule has 1 aromatic carbocycles. The lowest BCUT2D eigenvalue weighted by Gasteiger charge is -2.35. The summed E-state index contributed by atoms with van der Waals surface area (Å²) >= 11 is 0. The van der Waals surface area contributed by atoms with Gasteiger partial charge >= 0.3 is 0 Å². The van der Waals surface area contributed by atoms with Gasteiger partial charge in [0.25, 0.3) is 0 Å². The summed E-state index contributed by atoms with van der Waals surface area (Å²) in [7, 11) is 0. The van der Waals surface area contributed by atoms with Crippen molar-refractivity contribution < 1.29 is 5.11 Å². The Labute approximate surface area is 85.0 Å². The number of para-hydroxylation sites is 1. The Morgan fingerprint density at radius 2 is 2.07 bits per heavy atom. The molecule has 1 atom stereocenters. The van der Waals surface area contributed by atoms with Gasteiger partial charge in [0, 0.05) is 11.1 Å². The zero-order valence-corrected chi connectivity index (χ0v) is 8.59. The molecule has 0 amide bonds. The van der Waals surface area contributed by atoms with E-state index in [1.165, 1.54) is 12.8 Å². The molecule has 1 aliphatic heterocycles. The quantitative estimate of drug-likeness (QED) is 0.714. The van der Waals surface area contributed by atoms with Crippen LogP contribution >= 0.6 is 0 Å². The van der Waals surface area contributed by atoms with E-state index in [0.29, 0.717) is 5.75 Å².